The summed E-state index contributed by atoms with van der Waals surface area (Å²) in [6.07, 6.45) is -5.08. The number of nitrogens with two attached hydrogens (primary N) is 1. The van der Waals surface area contributed by atoms with E-state index in [1.54, 1.807) is 6.07 Å². The van der Waals surface area contributed by atoms with Gasteiger partial charge in [-0.25, -0.2) is 4.99 Å². The molecule has 8 nitrogen and oxygen atoms in total. The van der Waals surface area contributed by atoms with Crippen molar-refractivity contribution in [2.75, 3.05) is 10.6 Å². The quantitative estimate of drug-likeness (QED) is 0.408. The third-order valence-electron chi connectivity index (χ3n) is 4.38. The van der Waals surface area contributed by atoms with Crippen LogP contribution in [0.15, 0.2) is 52.4 Å². The van der Waals surface area contributed by atoms with E-state index in [-0.39, 0.29) is 17.6 Å². The van der Waals surface area contributed by atoms with Gasteiger partial charge in [-0.05, 0) is 36.8 Å². The van der Waals surface area contributed by atoms with Gasteiger partial charge in [0.25, 0.3) is 5.91 Å². The Balaban J connectivity index is 1.64. The molecule has 0 bridgehead atoms. The van der Waals surface area contributed by atoms with Crippen molar-refractivity contribution in [1.82, 2.24) is 5.32 Å². The summed E-state index contributed by atoms with van der Waals surface area (Å²) in [6.45, 7) is 1.87. The number of para-hydroxylation sites is 1. The lowest BCUT2D eigenvalue weighted by atomic mass is 10.1. The first-order chi connectivity index (χ1) is 15.0. The molecule has 0 saturated carbocycles. The summed E-state index contributed by atoms with van der Waals surface area (Å²) in [4.78, 5) is 32.3. The van der Waals surface area contributed by atoms with Crippen LogP contribution in [0.25, 0.3) is 0 Å². The molecule has 0 radical (unpaired) electrons. The van der Waals surface area contributed by atoms with Crippen LogP contribution in [0, 0.1) is 6.92 Å². The molecule has 1 aliphatic heterocycles. The number of carbonyl (C=O) groups is 2. The molecular formula is C20H18ClF3N6O2. The van der Waals surface area contributed by atoms with E-state index < -0.39 is 41.0 Å². The number of hydrogen-bond donors (Lipinski definition) is 4. The number of anilines is 2. The molecular weight excluding hydrogens is 449 g/mol. The summed E-state index contributed by atoms with van der Waals surface area (Å²) in [6, 6.07) is 9.20. The Morgan fingerprint density at radius 2 is 1.97 bits per heavy atom. The monoisotopic (exact) mass is 466 g/mol. The third-order valence-corrected chi connectivity index (χ3v) is 4.71. The zero-order valence-corrected chi connectivity index (χ0v) is 17.4. The average molecular weight is 467 g/mol. The number of guanidine groups is 2. The molecule has 1 aliphatic rings. The first-order valence-corrected chi connectivity index (χ1v) is 9.63. The van der Waals surface area contributed by atoms with Crippen molar-refractivity contribution in [2.45, 2.75) is 25.6 Å². The molecule has 1 heterocycles. The van der Waals surface area contributed by atoms with Gasteiger partial charge in [-0.15, -0.1) is 0 Å². The molecule has 0 aliphatic carbocycles. The van der Waals surface area contributed by atoms with E-state index in [1.807, 2.05) is 25.1 Å². The van der Waals surface area contributed by atoms with Gasteiger partial charge >= 0.3 is 6.18 Å². The van der Waals surface area contributed by atoms with Crippen LogP contribution in [0.4, 0.5) is 24.5 Å². The van der Waals surface area contributed by atoms with E-state index in [2.05, 4.69) is 25.9 Å². The summed E-state index contributed by atoms with van der Waals surface area (Å²) in [5, 5.41) is 7.09. The van der Waals surface area contributed by atoms with Gasteiger partial charge in [-0.3, -0.25) is 14.9 Å². The van der Waals surface area contributed by atoms with Gasteiger partial charge in [0.2, 0.25) is 17.8 Å². The lowest BCUT2D eigenvalue weighted by molar-refractivity contribution is -0.137. The normalized spacial score (nSPS) is 16.4. The fraction of sp³-hybridized carbons (Fsp3) is 0.200. The first-order valence-electron chi connectivity index (χ1n) is 9.25. The molecule has 32 heavy (non-hydrogen) atoms. The summed E-state index contributed by atoms with van der Waals surface area (Å²) in [5.74, 6) is -1.41. The molecule has 0 aromatic heterocycles. The average Bonchev–Trinajstić information content (AvgIpc) is 3.02. The number of aliphatic imine (C=N–C) groups is 2. The molecule has 2 amide bonds. The maximum Gasteiger partial charge on any atom is 0.417 e. The van der Waals surface area contributed by atoms with Gasteiger partial charge in [0.05, 0.1) is 17.0 Å². The maximum absolute atomic E-state index is 13.0. The summed E-state index contributed by atoms with van der Waals surface area (Å²) in [7, 11) is 0. The zero-order valence-electron chi connectivity index (χ0n) is 16.6. The van der Waals surface area contributed by atoms with E-state index in [1.165, 1.54) is 6.07 Å². The summed E-state index contributed by atoms with van der Waals surface area (Å²) < 4.78 is 38.9. The van der Waals surface area contributed by atoms with E-state index >= 15 is 0 Å². The van der Waals surface area contributed by atoms with Gasteiger partial charge in [0.1, 0.15) is 6.04 Å². The predicted molar refractivity (Wildman–Crippen MR) is 115 cm³/mol. The molecule has 1 atom stereocenters. The minimum absolute atomic E-state index is 0.0238. The zero-order chi connectivity index (χ0) is 23.5. The number of aryl methyl sites for hydroxylation is 1. The Kier molecular flexibility index (Phi) is 6.68. The highest BCUT2D eigenvalue weighted by atomic mass is 35.5. The Morgan fingerprint density at radius 1 is 1.25 bits per heavy atom. The summed E-state index contributed by atoms with van der Waals surface area (Å²) >= 11 is 5.56. The second-order valence-electron chi connectivity index (χ2n) is 6.84. The molecule has 168 valence electrons. The molecule has 5 N–H and O–H groups in total. The van der Waals surface area contributed by atoms with Crippen molar-refractivity contribution in [3.63, 3.8) is 0 Å². The lowest BCUT2D eigenvalue weighted by Gasteiger charge is -2.12. The number of halogens is 4. The molecule has 0 fully saturated rings. The molecule has 1 unspecified atom stereocenters. The van der Waals surface area contributed by atoms with E-state index in [4.69, 9.17) is 17.3 Å². The lowest BCUT2D eigenvalue weighted by Crippen LogP contribution is -2.32. The second kappa shape index (κ2) is 9.27. The van der Waals surface area contributed by atoms with Crippen molar-refractivity contribution in [2.24, 2.45) is 15.7 Å². The van der Waals surface area contributed by atoms with E-state index in [0.717, 1.165) is 17.3 Å². The number of amides is 2. The van der Waals surface area contributed by atoms with Crippen LogP contribution in [-0.2, 0) is 15.8 Å². The van der Waals surface area contributed by atoms with Crippen LogP contribution in [0.2, 0.25) is 5.02 Å². The molecule has 2 aromatic rings. The van der Waals surface area contributed by atoms with Crippen LogP contribution in [0.1, 0.15) is 17.5 Å². The van der Waals surface area contributed by atoms with Crippen molar-refractivity contribution < 1.29 is 22.8 Å². The minimum Gasteiger partial charge on any atom is -0.369 e. The van der Waals surface area contributed by atoms with Crippen molar-refractivity contribution >= 4 is 46.7 Å². The number of alkyl halides is 3. The number of carbonyl (C=O) groups excluding carboxylic acids is 2. The Hall–Kier alpha value is -3.60. The van der Waals surface area contributed by atoms with Crippen LogP contribution >= 0.6 is 11.6 Å². The van der Waals surface area contributed by atoms with Crippen LogP contribution in [0.5, 0.6) is 0 Å². The van der Waals surface area contributed by atoms with Gasteiger partial charge in [-0.1, -0.05) is 29.8 Å². The third kappa shape index (κ3) is 5.76. The van der Waals surface area contributed by atoms with Gasteiger partial charge in [0.15, 0.2) is 0 Å². The Bertz CT molecular complexity index is 1120. The van der Waals surface area contributed by atoms with Crippen molar-refractivity contribution in [3.05, 3.63) is 58.6 Å². The number of hydrogen-bond acceptors (Lipinski definition) is 4. The number of nitrogens with one attached hydrogen (secondary N) is 3. The first kappa shape index (κ1) is 23.1. The molecule has 0 saturated heterocycles. The molecule has 2 aromatic carbocycles. The van der Waals surface area contributed by atoms with Crippen molar-refractivity contribution in [3.8, 4) is 0 Å². The number of benzene rings is 2. The predicted octanol–water partition coefficient (Wildman–Crippen LogP) is 3.28. The van der Waals surface area contributed by atoms with Gasteiger partial charge in [-0.2, -0.15) is 18.2 Å². The highest BCUT2D eigenvalue weighted by Gasteiger charge is 2.34. The van der Waals surface area contributed by atoms with Crippen LogP contribution in [0.3, 0.4) is 0 Å². The topological polar surface area (TPSA) is 121 Å². The van der Waals surface area contributed by atoms with E-state index in [0.29, 0.717) is 6.07 Å². The standard InChI is InChI=1S/C20H18ClF3N6O2/c1-10-4-2-3-5-14(10)27-18(25)30-19-28-15(17(32)29-19)9-16(31)26-11-6-7-13(21)12(8-11)20(22,23)24/h2-8,15H,9H2,1H3,(H,26,31)(H4,25,27,28,29,30,32). The van der Waals surface area contributed by atoms with Crippen LogP contribution < -0.4 is 21.7 Å². The largest absolute Gasteiger partial charge is 0.417 e. The molecule has 12 heteroatoms. The van der Waals surface area contributed by atoms with Crippen molar-refractivity contribution in [1.29, 1.82) is 0 Å². The fourth-order valence-electron chi connectivity index (χ4n) is 2.83. The summed E-state index contributed by atoms with van der Waals surface area (Å²) in [5.41, 5.74) is 6.28. The highest BCUT2D eigenvalue weighted by molar-refractivity contribution is 6.31. The second-order valence-corrected chi connectivity index (χ2v) is 7.25. The minimum atomic E-state index is -4.67. The van der Waals surface area contributed by atoms with E-state index in [9.17, 15) is 22.8 Å². The SMILES string of the molecule is Cc1ccccc1N/C(N)=N/C1=NC(CC(=O)Nc2ccc(Cl)c(C(F)(F)F)c2)C(=O)N1. The fourth-order valence-corrected chi connectivity index (χ4v) is 3.05. The maximum atomic E-state index is 13.0. The van der Waals surface area contributed by atoms with Crippen LogP contribution in [-0.4, -0.2) is 29.8 Å². The molecule has 3 rings (SSSR count). The molecule has 0 spiro atoms. The smallest absolute Gasteiger partial charge is 0.369 e. The Labute approximate surface area is 185 Å². The number of rotatable bonds is 4. The highest BCUT2D eigenvalue weighted by Crippen LogP contribution is 2.36. The Morgan fingerprint density at radius 3 is 2.66 bits per heavy atom. The van der Waals surface area contributed by atoms with Gasteiger partial charge in [0, 0.05) is 11.4 Å². The number of nitrogens with zero attached hydrogens (tertiary/aromatic N) is 2. The van der Waals surface area contributed by atoms with Gasteiger partial charge < -0.3 is 16.4 Å².